The lowest BCUT2D eigenvalue weighted by molar-refractivity contribution is -0.0587. The quantitative estimate of drug-likeness (QED) is 0.797. The molecule has 0 N–H and O–H groups in total. The maximum Gasteiger partial charge on any atom is 0.273 e. The van der Waals surface area contributed by atoms with Crippen LogP contribution in [0.2, 0.25) is 0 Å². The Balaban J connectivity index is 2.17. The topological polar surface area (TPSA) is 42.4 Å². The third-order valence-corrected chi connectivity index (χ3v) is 3.31. The van der Waals surface area contributed by atoms with Gasteiger partial charge in [0.15, 0.2) is 0 Å². The van der Waals surface area contributed by atoms with Gasteiger partial charge in [0.1, 0.15) is 5.69 Å². The van der Waals surface area contributed by atoms with E-state index in [0.717, 1.165) is 4.47 Å². The number of amides is 1. The predicted octanol–water partition coefficient (Wildman–Crippen LogP) is 2.09. The normalized spacial score (nSPS) is 24.8. The first kappa shape index (κ1) is 12.5. The minimum Gasteiger partial charge on any atom is -0.372 e. The molecule has 1 saturated heterocycles. The van der Waals surface area contributed by atoms with Crippen LogP contribution in [0, 0.1) is 0 Å². The number of aromatic nitrogens is 1. The molecule has 4 nitrogen and oxygen atoms in total. The number of carbonyl (C=O) groups is 1. The molecule has 0 aliphatic carbocycles. The lowest BCUT2D eigenvalue weighted by atomic mass is 10.2. The second-order valence-corrected chi connectivity index (χ2v) is 5.16. The number of morpholine rings is 1. The molecule has 0 radical (unpaired) electrons. The lowest BCUT2D eigenvalue weighted by Gasteiger charge is -2.35. The highest BCUT2D eigenvalue weighted by Crippen LogP contribution is 2.18. The van der Waals surface area contributed by atoms with Gasteiger partial charge in [0.05, 0.1) is 12.2 Å². The molecule has 0 spiro atoms. The highest BCUT2D eigenvalue weighted by Gasteiger charge is 2.28. The summed E-state index contributed by atoms with van der Waals surface area (Å²) in [5, 5.41) is 0. The molecule has 1 fully saturated rings. The van der Waals surface area contributed by atoms with Gasteiger partial charge in [-0.2, -0.15) is 0 Å². The molecule has 0 saturated carbocycles. The van der Waals surface area contributed by atoms with E-state index in [1.165, 1.54) is 0 Å². The first-order chi connectivity index (χ1) is 8.08. The summed E-state index contributed by atoms with van der Waals surface area (Å²) in [6.45, 7) is 5.19. The van der Waals surface area contributed by atoms with E-state index in [1.807, 2.05) is 19.9 Å². The van der Waals surface area contributed by atoms with Crippen molar-refractivity contribution in [1.29, 1.82) is 0 Å². The van der Waals surface area contributed by atoms with Gasteiger partial charge in [0.25, 0.3) is 5.91 Å². The Bertz CT molecular complexity index is 415. The number of carbonyl (C=O) groups excluding carboxylic acids is 1. The number of hydrogen-bond acceptors (Lipinski definition) is 3. The number of ether oxygens (including phenoxy) is 1. The smallest absolute Gasteiger partial charge is 0.273 e. The van der Waals surface area contributed by atoms with Crippen LogP contribution in [-0.2, 0) is 4.74 Å². The number of pyridine rings is 1. The summed E-state index contributed by atoms with van der Waals surface area (Å²) < 4.78 is 6.34. The first-order valence-corrected chi connectivity index (χ1v) is 6.42. The van der Waals surface area contributed by atoms with Crippen LogP contribution in [0.15, 0.2) is 22.8 Å². The lowest BCUT2D eigenvalue weighted by Crippen LogP contribution is -2.48. The maximum absolute atomic E-state index is 12.3. The van der Waals surface area contributed by atoms with Gasteiger partial charge in [-0.3, -0.25) is 4.79 Å². The fraction of sp³-hybridized carbons (Fsp3) is 0.500. The monoisotopic (exact) mass is 298 g/mol. The molecule has 2 heterocycles. The zero-order valence-electron chi connectivity index (χ0n) is 9.89. The molecular weight excluding hydrogens is 284 g/mol. The van der Waals surface area contributed by atoms with Crippen molar-refractivity contribution in [2.24, 2.45) is 0 Å². The molecule has 2 rings (SSSR count). The number of hydrogen-bond donors (Lipinski definition) is 0. The molecule has 2 unspecified atom stereocenters. The van der Waals surface area contributed by atoms with E-state index in [-0.39, 0.29) is 18.1 Å². The van der Waals surface area contributed by atoms with E-state index in [9.17, 15) is 4.79 Å². The molecule has 1 amide bonds. The van der Waals surface area contributed by atoms with Gasteiger partial charge in [-0.15, -0.1) is 0 Å². The summed E-state index contributed by atoms with van der Waals surface area (Å²) in [6, 6.07) is 3.62. The van der Waals surface area contributed by atoms with Gasteiger partial charge in [0, 0.05) is 23.8 Å². The van der Waals surface area contributed by atoms with E-state index in [4.69, 9.17) is 4.74 Å². The van der Waals surface area contributed by atoms with E-state index in [0.29, 0.717) is 18.8 Å². The van der Waals surface area contributed by atoms with Crippen LogP contribution in [0.1, 0.15) is 24.3 Å². The summed E-state index contributed by atoms with van der Waals surface area (Å²) >= 11 is 3.35. The van der Waals surface area contributed by atoms with E-state index >= 15 is 0 Å². The first-order valence-electron chi connectivity index (χ1n) is 5.63. The summed E-state index contributed by atoms with van der Waals surface area (Å²) in [6.07, 6.45) is 1.78. The Morgan fingerprint density at radius 2 is 2.12 bits per heavy atom. The van der Waals surface area contributed by atoms with Gasteiger partial charge >= 0.3 is 0 Å². The number of halogens is 1. The van der Waals surface area contributed by atoms with Crippen molar-refractivity contribution in [2.75, 3.05) is 13.1 Å². The van der Waals surface area contributed by atoms with Crippen molar-refractivity contribution in [2.45, 2.75) is 26.1 Å². The van der Waals surface area contributed by atoms with Crippen LogP contribution >= 0.6 is 15.9 Å². The van der Waals surface area contributed by atoms with Crippen molar-refractivity contribution >= 4 is 21.8 Å². The molecule has 1 aliphatic heterocycles. The summed E-state index contributed by atoms with van der Waals surface area (Å²) in [5.41, 5.74) is 0.466. The third-order valence-electron chi connectivity index (χ3n) is 2.67. The average molecular weight is 299 g/mol. The fourth-order valence-electron chi connectivity index (χ4n) is 2.04. The second kappa shape index (κ2) is 5.14. The highest BCUT2D eigenvalue weighted by atomic mass is 79.9. The van der Waals surface area contributed by atoms with Crippen molar-refractivity contribution in [3.63, 3.8) is 0 Å². The Hall–Kier alpha value is -0.940. The number of rotatable bonds is 1. The molecule has 0 bridgehead atoms. The summed E-state index contributed by atoms with van der Waals surface area (Å²) in [4.78, 5) is 18.2. The SMILES string of the molecule is CC1CN(C(=O)c2ncccc2Br)CC(C)O1. The molecule has 2 atom stereocenters. The van der Waals surface area contributed by atoms with Crippen LogP contribution < -0.4 is 0 Å². The van der Waals surface area contributed by atoms with Gasteiger partial charge in [0.2, 0.25) is 0 Å². The molecule has 1 aromatic rings. The van der Waals surface area contributed by atoms with Gasteiger partial charge in [-0.25, -0.2) is 4.98 Å². The van der Waals surface area contributed by atoms with Crippen molar-refractivity contribution in [1.82, 2.24) is 9.88 Å². The Morgan fingerprint density at radius 3 is 2.71 bits per heavy atom. The van der Waals surface area contributed by atoms with Crippen LogP contribution in [-0.4, -0.2) is 41.1 Å². The predicted molar refractivity (Wildman–Crippen MR) is 67.8 cm³/mol. The van der Waals surface area contributed by atoms with E-state index < -0.39 is 0 Å². The van der Waals surface area contributed by atoms with Crippen molar-refractivity contribution < 1.29 is 9.53 Å². The van der Waals surface area contributed by atoms with Crippen LogP contribution in [0.25, 0.3) is 0 Å². The highest BCUT2D eigenvalue weighted by molar-refractivity contribution is 9.10. The largest absolute Gasteiger partial charge is 0.372 e. The minimum atomic E-state index is -0.0422. The number of nitrogens with zero attached hydrogens (tertiary/aromatic N) is 2. The van der Waals surface area contributed by atoms with Crippen LogP contribution in [0.4, 0.5) is 0 Å². The minimum absolute atomic E-state index is 0.0422. The second-order valence-electron chi connectivity index (χ2n) is 4.30. The fourth-order valence-corrected chi connectivity index (χ4v) is 2.46. The maximum atomic E-state index is 12.3. The zero-order valence-corrected chi connectivity index (χ0v) is 11.5. The molecular formula is C12H15BrN2O2. The van der Waals surface area contributed by atoms with E-state index in [2.05, 4.69) is 20.9 Å². The van der Waals surface area contributed by atoms with Gasteiger partial charge in [-0.1, -0.05) is 0 Å². The standard InChI is InChI=1S/C12H15BrN2O2/c1-8-6-15(7-9(2)17-8)12(16)11-10(13)4-3-5-14-11/h3-5,8-9H,6-7H2,1-2H3. The van der Waals surface area contributed by atoms with Crippen molar-refractivity contribution in [3.05, 3.63) is 28.5 Å². The summed E-state index contributed by atoms with van der Waals surface area (Å²) in [7, 11) is 0. The average Bonchev–Trinajstić information content (AvgIpc) is 2.27. The van der Waals surface area contributed by atoms with E-state index in [1.54, 1.807) is 17.2 Å². The third kappa shape index (κ3) is 2.84. The Labute approximate surface area is 109 Å². The molecule has 0 aromatic carbocycles. The molecule has 5 heteroatoms. The van der Waals surface area contributed by atoms with Crippen LogP contribution in [0.3, 0.4) is 0 Å². The summed E-state index contributed by atoms with van der Waals surface area (Å²) in [5.74, 6) is -0.0422. The van der Waals surface area contributed by atoms with Gasteiger partial charge in [-0.05, 0) is 41.9 Å². The molecule has 92 valence electrons. The molecule has 1 aromatic heterocycles. The van der Waals surface area contributed by atoms with Crippen LogP contribution in [0.5, 0.6) is 0 Å². The van der Waals surface area contributed by atoms with Crippen molar-refractivity contribution in [3.8, 4) is 0 Å². The van der Waals surface area contributed by atoms with Gasteiger partial charge < -0.3 is 9.64 Å². The Kier molecular flexibility index (Phi) is 3.79. The Morgan fingerprint density at radius 1 is 1.47 bits per heavy atom. The molecule has 17 heavy (non-hydrogen) atoms. The zero-order chi connectivity index (χ0) is 12.4. The molecule has 1 aliphatic rings.